The number of anilines is 1. The minimum Gasteiger partial charge on any atom is -0.497 e. The molecule has 0 radical (unpaired) electrons. The highest BCUT2D eigenvalue weighted by atomic mass is 16.6. The van der Waals surface area contributed by atoms with Gasteiger partial charge in [-0.15, -0.1) is 0 Å². The number of methoxy groups -OCH3 is 1. The largest absolute Gasteiger partial charge is 0.497 e. The summed E-state index contributed by atoms with van der Waals surface area (Å²) in [7, 11) is 1.56. The lowest BCUT2D eigenvalue weighted by molar-refractivity contribution is -0.384. The zero-order chi connectivity index (χ0) is 52.9. The van der Waals surface area contributed by atoms with Crippen molar-refractivity contribution in [2.24, 2.45) is 5.92 Å². The normalized spacial score (nSPS) is 20.8. The molecule has 3 aliphatic rings. The number of esters is 1. The summed E-state index contributed by atoms with van der Waals surface area (Å²) >= 11 is 0. The first kappa shape index (κ1) is 50.4. The number of hydrogen-bond donors (Lipinski definition) is 3. The number of rotatable bonds is 14. The van der Waals surface area contributed by atoms with Crippen LogP contribution in [-0.4, -0.2) is 76.8 Å². The molecule has 7 atom stereocenters. The first-order valence-electron chi connectivity index (χ1n) is 24.5. The van der Waals surface area contributed by atoms with Gasteiger partial charge in [0.05, 0.1) is 48.4 Å². The number of nitrogens with one attached hydrogen (secondary N) is 1. The van der Waals surface area contributed by atoms with E-state index in [0.717, 1.165) is 4.90 Å². The van der Waals surface area contributed by atoms with Gasteiger partial charge in [0.1, 0.15) is 42.3 Å². The van der Waals surface area contributed by atoms with E-state index in [9.17, 15) is 25.1 Å². The van der Waals surface area contributed by atoms with Crippen LogP contribution in [0.1, 0.15) is 68.8 Å². The van der Waals surface area contributed by atoms with Gasteiger partial charge in [-0.2, -0.15) is 0 Å². The Labute approximate surface area is 437 Å². The fourth-order valence-electron chi connectivity index (χ4n) is 10.7. The van der Waals surface area contributed by atoms with Crippen molar-refractivity contribution in [3.63, 3.8) is 0 Å². The van der Waals surface area contributed by atoms with E-state index < -0.39 is 77.1 Å². The highest BCUT2D eigenvalue weighted by molar-refractivity contribution is 6.23. The Morgan fingerprint density at radius 2 is 1.38 bits per heavy atom. The average Bonchev–Trinajstić information content (AvgIpc) is 3.92. The average molecular weight is 1020 g/mol. The highest BCUT2D eigenvalue weighted by Gasteiger charge is 2.75. The molecule has 7 aromatic carbocycles. The molecule has 382 valence electrons. The van der Waals surface area contributed by atoms with Gasteiger partial charge in [0.25, 0.3) is 5.69 Å². The van der Waals surface area contributed by atoms with E-state index in [2.05, 4.69) is 17.2 Å². The topological polar surface area (TPSA) is 207 Å². The van der Waals surface area contributed by atoms with Crippen LogP contribution in [0.2, 0.25) is 0 Å². The number of amides is 3. The second-order valence-electron chi connectivity index (χ2n) is 18.4. The van der Waals surface area contributed by atoms with Gasteiger partial charge in [0.15, 0.2) is 0 Å². The van der Waals surface area contributed by atoms with Crippen molar-refractivity contribution in [2.45, 2.75) is 42.4 Å². The summed E-state index contributed by atoms with van der Waals surface area (Å²) in [4.78, 5) is 76.7. The number of hydrogen-bond acceptors (Lipinski definition) is 13. The number of nitrogens with zero attached hydrogens (tertiary/aromatic N) is 3. The molecule has 2 saturated heterocycles. The third kappa shape index (κ3) is 9.50. The van der Waals surface area contributed by atoms with Crippen molar-refractivity contribution >= 4 is 35.3 Å². The number of benzene rings is 7. The Morgan fingerprint density at radius 1 is 0.763 bits per heavy atom. The van der Waals surface area contributed by atoms with Crippen molar-refractivity contribution in [3.8, 4) is 23.3 Å². The summed E-state index contributed by atoms with van der Waals surface area (Å²) in [6, 6.07) is 47.6. The molecule has 16 heteroatoms. The molecule has 0 unspecified atom stereocenters. The monoisotopic (exact) mass is 1020 g/mol. The lowest BCUT2D eigenvalue weighted by Crippen LogP contribution is -2.56. The van der Waals surface area contributed by atoms with Crippen molar-refractivity contribution < 1.29 is 53.3 Å². The lowest BCUT2D eigenvalue weighted by atomic mass is 9.65. The molecular weight excluding hydrogens is 969 g/mol. The maximum Gasteiger partial charge on any atom is 0.421 e. The molecule has 0 aromatic heterocycles. The summed E-state index contributed by atoms with van der Waals surface area (Å²) in [6.45, 7) is -0.999. The second-order valence-corrected chi connectivity index (χ2v) is 18.4. The van der Waals surface area contributed by atoms with Crippen molar-refractivity contribution in [2.75, 3.05) is 31.8 Å². The Kier molecular flexibility index (Phi) is 14.4. The molecule has 16 nitrogen and oxygen atoms in total. The number of ether oxygens (including phenoxy) is 4. The van der Waals surface area contributed by atoms with Gasteiger partial charge in [0.2, 0.25) is 11.8 Å². The number of fused-ring (bicyclic) bond motifs is 3. The number of morpholine rings is 1. The number of aliphatic hydroxyl groups excluding tert-OH is 2. The summed E-state index contributed by atoms with van der Waals surface area (Å²) < 4.78 is 23.6. The third-order valence-corrected chi connectivity index (χ3v) is 14.1. The molecule has 10 rings (SSSR count). The fourth-order valence-corrected chi connectivity index (χ4v) is 10.7. The van der Waals surface area contributed by atoms with Crippen LogP contribution >= 0.6 is 0 Å². The Hall–Kier alpha value is -9.14. The molecule has 3 amide bonds. The second kappa shape index (κ2) is 21.8. The number of nitro groups is 1. The number of imide groups is 1. The predicted molar refractivity (Wildman–Crippen MR) is 278 cm³/mol. The fraction of sp³-hybridized carbons (Fsp3) is 0.200. The third-order valence-electron chi connectivity index (χ3n) is 14.1. The minimum atomic E-state index is -2.20. The molecular formula is C60H50N4O12. The lowest BCUT2D eigenvalue weighted by Gasteiger charge is -2.46. The molecule has 1 spiro atoms. The van der Waals surface area contributed by atoms with E-state index in [1.807, 2.05) is 65.6 Å². The molecule has 7 aromatic rings. The zero-order valence-electron chi connectivity index (χ0n) is 40.9. The Bertz CT molecular complexity index is 3330. The van der Waals surface area contributed by atoms with Crippen LogP contribution in [0.3, 0.4) is 0 Å². The maximum atomic E-state index is 16.7. The first-order valence-corrected chi connectivity index (χ1v) is 24.5. The van der Waals surface area contributed by atoms with Crippen LogP contribution in [0.5, 0.6) is 11.5 Å². The number of cyclic esters (lactones) is 1. The van der Waals surface area contributed by atoms with Crippen LogP contribution in [0.15, 0.2) is 182 Å². The summed E-state index contributed by atoms with van der Waals surface area (Å²) in [5, 5.41) is 35.6. The van der Waals surface area contributed by atoms with Crippen LogP contribution < -0.4 is 19.7 Å². The van der Waals surface area contributed by atoms with E-state index >= 15 is 14.4 Å². The van der Waals surface area contributed by atoms with Gasteiger partial charge < -0.3 is 34.5 Å². The van der Waals surface area contributed by atoms with Crippen LogP contribution in [0.4, 0.5) is 16.2 Å². The van der Waals surface area contributed by atoms with Crippen molar-refractivity contribution in [3.05, 3.63) is 237 Å². The van der Waals surface area contributed by atoms with Crippen LogP contribution in [-0.2, 0) is 35.9 Å². The number of aliphatic hydroxyl groups is 2. The number of nitro benzene ring substituents is 1. The van der Waals surface area contributed by atoms with E-state index in [-0.39, 0.29) is 36.7 Å². The maximum absolute atomic E-state index is 16.7. The van der Waals surface area contributed by atoms with Gasteiger partial charge in [0, 0.05) is 29.8 Å². The molecule has 2 fully saturated rings. The van der Waals surface area contributed by atoms with Crippen molar-refractivity contribution in [1.82, 2.24) is 10.2 Å². The minimum absolute atomic E-state index is 0.0121. The number of carbonyl (C=O) groups excluding carboxylic acids is 4. The quantitative estimate of drug-likeness (QED) is 0.0407. The summed E-state index contributed by atoms with van der Waals surface area (Å²) in [5.41, 5.74) is 1.52. The summed E-state index contributed by atoms with van der Waals surface area (Å²) in [6.07, 6.45) is -3.34. The molecule has 0 bridgehead atoms. The molecule has 3 N–H and O–H groups in total. The van der Waals surface area contributed by atoms with E-state index in [1.165, 1.54) is 24.3 Å². The standard InChI is InChI=1S/C60H50N4O12/c1-73-46-28-21-38(22-29-46)17-18-39-23-32-49-48(35-39)60(58(69)62(49)59(70)75-37-40-19-26-45(27-20-40)64(71)72)51(56(67)61-36-50(66)41-11-5-2-6-12-41)53-57(68)76-54(43-15-9-4-10-16-43)52(42-13-7-3-8-14-42)63(53)55(60)44-24-30-47(31-25-44)74-34-33-65/h2-16,19-32,35,50-55,65-66H,33-34,36-37H2,1H3,(H,61,67)/t50-,51+,52+,53+,54-,55-,60+/m0/s1. The molecule has 0 aliphatic carbocycles. The van der Waals surface area contributed by atoms with Gasteiger partial charge in [-0.25, -0.2) is 9.69 Å². The molecule has 0 saturated carbocycles. The highest BCUT2D eigenvalue weighted by Crippen LogP contribution is 2.66. The van der Waals surface area contributed by atoms with Gasteiger partial charge in [-0.3, -0.25) is 29.4 Å². The van der Waals surface area contributed by atoms with E-state index in [1.54, 1.807) is 104 Å². The van der Waals surface area contributed by atoms with Crippen molar-refractivity contribution in [1.29, 1.82) is 0 Å². The summed E-state index contributed by atoms with van der Waals surface area (Å²) in [5.74, 6) is 3.18. The number of non-ortho nitro benzene ring substituents is 1. The van der Waals surface area contributed by atoms with Crippen LogP contribution in [0.25, 0.3) is 0 Å². The SMILES string of the molecule is COc1ccc(C#Cc2ccc3c(c2)[C@]2(C(=O)N3C(=O)OCc3ccc([N+](=O)[O-])cc3)[C@H](c3ccc(OCCO)cc3)N3[C@H](c4ccccc4)[C@H](c4ccccc4)OC(=O)[C@H]3[C@@H]2C(=O)NC[C@H](O)c2ccccc2)cc1. The van der Waals surface area contributed by atoms with E-state index in [0.29, 0.717) is 50.4 Å². The zero-order valence-corrected chi connectivity index (χ0v) is 40.9. The number of carbonyl (C=O) groups is 4. The molecule has 76 heavy (non-hydrogen) atoms. The predicted octanol–water partition coefficient (Wildman–Crippen LogP) is 8.23. The molecule has 3 heterocycles. The Morgan fingerprint density at radius 3 is 2.03 bits per heavy atom. The Balaban J connectivity index is 1.22. The van der Waals surface area contributed by atoms with Gasteiger partial charge >= 0.3 is 12.1 Å². The smallest absolute Gasteiger partial charge is 0.421 e. The van der Waals surface area contributed by atoms with Crippen LogP contribution in [0, 0.1) is 27.9 Å². The van der Waals surface area contributed by atoms with Gasteiger partial charge in [-0.05, 0) is 100 Å². The van der Waals surface area contributed by atoms with E-state index in [4.69, 9.17) is 18.9 Å². The van der Waals surface area contributed by atoms with Gasteiger partial charge in [-0.1, -0.05) is 115 Å². The first-order chi connectivity index (χ1) is 37.0. The molecule has 3 aliphatic heterocycles.